The summed E-state index contributed by atoms with van der Waals surface area (Å²) in [6, 6.07) is 8.54. The van der Waals surface area contributed by atoms with E-state index in [0.717, 1.165) is 12.3 Å². The van der Waals surface area contributed by atoms with Crippen LogP contribution < -0.4 is 10.2 Å². The minimum absolute atomic E-state index is 0.0382. The number of fused-ring (bicyclic) bond motifs is 1. The fraction of sp³-hybridized carbons (Fsp3) is 0.286. The van der Waals surface area contributed by atoms with E-state index in [1.54, 1.807) is 12.1 Å². The lowest BCUT2D eigenvalue weighted by Crippen LogP contribution is -2.60. The Hall–Kier alpha value is -3.15. The van der Waals surface area contributed by atoms with Crippen molar-refractivity contribution in [1.82, 2.24) is 0 Å². The number of para-hydroxylation sites is 1. The second-order valence-electron chi connectivity index (χ2n) is 7.13. The van der Waals surface area contributed by atoms with Gasteiger partial charge in [-0.3, -0.25) is 4.79 Å². The molecule has 5 atom stereocenters. The molecule has 31 heavy (non-hydrogen) atoms. The van der Waals surface area contributed by atoms with Crippen molar-refractivity contribution in [3.63, 3.8) is 0 Å². The highest BCUT2D eigenvalue weighted by molar-refractivity contribution is 5.88. The number of phenols is 2. The Labute approximate surface area is 174 Å². The molecule has 1 saturated heterocycles. The maximum Gasteiger partial charge on any atom is 0.229 e. The SMILES string of the molecule is O=c1c(-c2ccccc2O)coc2cc(O[C@@H]3O[C@@H](CO)[C@@H](O)[C@H](O)[C@H]3O)cc(O)c12. The van der Waals surface area contributed by atoms with Gasteiger partial charge in [0.25, 0.3) is 0 Å². The first-order valence-electron chi connectivity index (χ1n) is 9.36. The number of ether oxygens (including phenoxy) is 2. The highest BCUT2D eigenvalue weighted by Gasteiger charge is 2.44. The lowest BCUT2D eigenvalue weighted by Gasteiger charge is -2.39. The summed E-state index contributed by atoms with van der Waals surface area (Å²) < 4.78 is 16.2. The van der Waals surface area contributed by atoms with Crippen LogP contribution >= 0.6 is 0 Å². The molecule has 2 aromatic carbocycles. The van der Waals surface area contributed by atoms with Crippen molar-refractivity contribution in [2.45, 2.75) is 30.7 Å². The summed E-state index contributed by atoms with van der Waals surface area (Å²) in [4.78, 5) is 12.9. The predicted molar refractivity (Wildman–Crippen MR) is 106 cm³/mol. The minimum Gasteiger partial charge on any atom is -0.507 e. The van der Waals surface area contributed by atoms with Crippen LogP contribution in [0, 0.1) is 0 Å². The van der Waals surface area contributed by atoms with Gasteiger partial charge < -0.3 is 44.5 Å². The summed E-state index contributed by atoms with van der Waals surface area (Å²) in [6.45, 7) is -0.627. The van der Waals surface area contributed by atoms with Crippen molar-refractivity contribution >= 4 is 11.0 Å². The lowest BCUT2D eigenvalue weighted by atomic mass is 9.99. The van der Waals surface area contributed by atoms with Crippen molar-refractivity contribution in [1.29, 1.82) is 0 Å². The van der Waals surface area contributed by atoms with Crippen molar-refractivity contribution in [2.75, 3.05) is 6.61 Å². The molecule has 10 heteroatoms. The van der Waals surface area contributed by atoms with E-state index < -0.39 is 48.5 Å². The highest BCUT2D eigenvalue weighted by Crippen LogP contribution is 2.34. The normalized spacial score (nSPS) is 26.1. The number of aromatic hydroxyl groups is 2. The first kappa shape index (κ1) is 21.1. The van der Waals surface area contributed by atoms with Gasteiger partial charge in [0.1, 0.15) is 58.9 Å². The maximum absolute atomic E-state index is 12.9. The molecule has 4 rings (SSSR count). The summed E-state index contributed by atoms with van der Waals surface area (Å²) >= 11 is 0. The van der Waals surface area contributed by atoms with Gasteiger partial charge in [0.2, 0.25) is 11.7 Å². The van der Waals surface area contributed by atoms with E-state index in [1.807, 2.05) is 0 Å². The van der Waals surface area contributed by atoms with Gasteiger partial charge in [-0.25, -0.2) is 0 Å². The number of benzene rings is 2. The Bertz CT molecular complexity index is 1150. The first-order chi connectivity index (χ1) is 14.8. The molecule has 1 aromatic heterocycles. The van der Waals surface area contributed by atoms with Crippen LogP contribution in [0.4, 0.5) is 0 Å². The zero-order valence-corrected chi connectivity index (χ0v) is 16.0. The van der Waals surface area contributed by atoms with Crippen LogP contribution in [0.5, 0.6) is 17.2 Å². The number of aliphatic hydroxyl groups excluding tert-OH is 4. The van der Waals surface area contributed by atoms with E-state index in [4.69, 9.17) is 13.9 Å². The van der Waals surface area contributed by atoms with Gasteiger partial charge in [0.15, 0.2) is 0 Å². The maximum atomic E-state index is 12.9. The Morgan fingerprint density at radius 1 is 0.935 bits per heavy atom. The van der Waals surface area contributed by atoms with Crippen LogP contribution in [0.25, 0.3) is 22.1 Å². The second-order valence-corrected chi connectivity index (χ2v) is 7.13. The molecule has 3 aromatic rings. The molecule has 0 aliphatic carbocycles. The van der Waals surface area contributed by atoms with Crippen LogP contribution in [-0.4, -0.2) is 68.0 Å². The molecule has 0 saturated carbocycles. The fourth-order valence-corrected chi connectivity index (χ4v) is 3.46. The Morgan fingerprint density at radius 2 is 1.68 bits per heavy atom. The lowest BCUT2D eigenvalue weighted by molar-refractivity contribution is -0.277. The molecular formula is C21H20O10. The number of hydrogen-bond donors (Lipinski definition) is 6. The average molecular weight is 432 g/mol. The standard InChI is InChI=1S/C21H20O10/c22-7-15-18(26)19(27)20(28)21(31-15)30-9-5-13(24)16-14(6-9)29-8-11(17(16)25)10-3-1-2-4-12(10)23/h1-6,8,15,18-24,26-28H,7H2/t15-,18+,19-,20+,21+/m0/s1. The number of hydrogen-bond acceptors (Lipinski definition) is 10. The zero-order chi connectivity index (χ0) is 22.3. The van der Waals surface area contributed by atoms with Crippen LogP contribution in [-0.2, 0) is 4.74 Å². The van der Waals surface area contributed by atoms with Gasteiger partial charge in [-0.05, 0) is 6.07 Å². The van der Waals surface area contributed by atoms with Gasteiger partial charge in [-0.2, -0.15) is 0 Å². The molecule has 2 heterocycles. The molecule has 1 fully saturated rings. The molecule has 10 nitrogen and oxygen atoms in total. The predicted octanol–water partition coefficient (Wildman–Crippen LogP) is 0.0499. The molecule has 164 valence electrons. The molecule has 1 aliphatic rings. The Morgan fingerprint density at radius 3 is 2.39 bits per heavy atom. The Balaban J connectivity index is 1.70. The molecule has 0 radical (unpaired) electrons. The summed E-state index contributed by atoms with van der Waals surface area (Å²) in [5.41, 5.74) is -0.342. The highest BCUT2D eigenvalue weighted by atomic mass is 16.7. The van der Waals surface area contributed by atoms with Crippen LogP contribution in [0.3, 0.4) is 0 Å². The summed E-state index contributed by atoms with van der Waals surface area (Å²) in [5, 5.41) is 59.3. The van der Waals surface area contributed by atoms with Crippen LogP contribution in [0.2, 0.25) is 0 Å². The van der Waals surface area contributed by atoms with E-state index in [1.165, 1.54) is 18.2 Å². The third kappa shape index (κ3) is 3.71. The summed E-state index contributed by atoms with van der Waals surface area (Å²) in [7, 11) is 0. The third-order valence-corrected chi connectivity index (χ3v) is 5.13. The van der Waals surface area contributed by atoms with Gasteiger partial charge in [0, 0.05) is 17.7 Å². The van der Waals surface area contributed by atoms with E-state index >= 15 is 0 Å². The molecule has 0 spiro atoms. The summed E-state index contributed by atoms with van der Waals surface area (Å²) in [6.07, 6.45) is -6.33. The van der Waals surface area contributed by atoms with Gasteiger partial charge >= 0.3 is 0 Å². The quantitative estimate of drug-likeness (QED) is 0.331. The molecular weight excluding hydrogens is 412 g/mol. The average Bonchev–Trinajstić information content (AvgIpc) is 2.75. The fourth-order valence-electron chi connectivity index (χ4n) is 3.46. The van der Waals surface area contributed by atoms with Crippen molar-refractivity contribution in [3.05, 3.63) is 52.9 Å². The topological polar surface area (TPSA) is 170 Å². The molecule has 1 aliphatic heterocycles. The van der Waals surface area contributed by atoms with E-state index in [0.29, 0.717) is 0 Å². The van der Waals surface area contributed by atoms with Crippen molar-refractivity contribution < 1.29 is 44.5 Å². The molecule has 0 amide bonds. The minimum atomic E-state index is -1.65. The second kappa shape index (κ2) is 8.17. The van der Waals surface area contributed by atoms with Crippen LogP contribution in [0.15, 0.2) is 51.9 Å². The van der Waals surface area contributed by atoms with Gasteiger partial charge in [0.05, 0.1) is 12.2 Å². The van der Waals surface area contributed by atoms with E-state index in [-0.39, 0.29) is 33.6 Å². The number of rotatable bonds is 4. The van der Waals surface area contributed by atoms with Gasteiger partial charge in [-0.15, -0.1) is 0 Å². The van der Waals surface area contributed by atoms with E-state index in [2.05, 4.69) is 0 Å². The largest absolute Gasteiger partial charge is 0.507 e. The van der Waals surface area contributed by atoms with Crippen molar-refractivity contribution in [3.8, 4) is 28.4 Å². The summed E-state index contributed by atoms with van der Waals surface area (Å²) in [5.74, 6) is -0.674. The Kier molecular flexibility index (Phi) is 5.56. The molecule has 0 unspecified atom stereocenters. The van der Waals surface area contributed by atoms with Crippen molar-refractivity contribution in [2.24, 2.45) is 0 Å². The van der Waals surface area contributed by atoms with Gasteiger partial charge in [-0.1, -0.05) is 18.2 Å². The van der Waals surface area contributed by atoms with Crippen LogP contribution in [0.1, 0.15) is 0 Å². The third-order valence-electron chi connectivity index (χ3n) is 5.13. The van der Waals surface area contributed by atoms with E-state index in [9.17, 15) is 35.4 Å². The number of aliphatic hydroxyl groups is 4. The number of phenolic OH excluding ortho intramolecular Hbond substituents is 2. The monoisotopic (exact) mass is 432 g/mol. The molecule has 6 N–H and O–H groups in total. The molecule has 0 bridgehead atoms. The smallest absolute Gasteiger partial charge is 0.229 e. The zero-order valence-electron chi connectivity index (χ0n) is 16.0. The first-order valence-corrected chi connectivity index (χ1v) is 9.36.